The normalized spacial score (nSPS) is 15.1. The number of aliphatic hydroxyl groups is 1. The number of fused-ring (bicyclic) bond motifs is 1. The topological polar surface area (TPSA) is 88.3 Å². The Kier molecular flexibility index (Phi) is 5.19. The number of rotatable bonds is 3. The van der Waals surface area contributed by atoms with Crippen LogP contribution in [0.4, 0.5) is 0 Å². The number of ether oxygens (including phenoxy) is 1. The van der Waals surface area contributed by atoms with Crippen LogP contribution in [0.5, 0.6) is 0 Å². The van der Waals surface area contributed by atoms with Crippen molar-refractivity contribution in [1.29, 1.82) is 0 Å². The van der Waals surface area contributed by atoms with Crippen LogP contribution in [0.15, 0.2) is 69.8 Å². The maximum absolute atomic E-state index is 12.5. The van der Waals surface area contributed by atoms with E-state index in [1.807, 2.05) is 0 Å². The number of allylic oxidation sites excluding steroid dienone is 1. The lowest BCUT2D eigenvalue weighted by Gasteiger charge is -2.07. The van der Waals surface area contributed by atoms with E-state index in [-0.39, 0.29) is 22.9 Å². The molecule has 6 nitrogen and oxygen atoms in total. The Bertz CT molecular complexity index is 1030. The third-order valence-electron chi connectivity index (χ3n) is 3.91. The maximum Gasteiger partial charge on any atom is 0.343 e. The second kappa shape index (κ2) is 7.55. The van der Waals surface area contributed by atoms with Crippen LogP contribution in [0.1, 0.15) is 28.4 Å². The predicted octanol–water partition coefficient (Wildman–Crippen LogP) is 3.73. The Hall–Kier alpha value is -3.25. The highest BCUT2D eigenvalue weighted by atomic mass is 35.5. The first-order chi connectivity index (χ1) is 12.9. The van der Waals surface area contributed by atoms with Crippen LogP contribution in [-0.4, -0.2) is 35.6 Å². The predicted molar refractivity (Wildman–Crippen MR) is 103 cm³/mol. The minimum absolute atomic E-state index is 0.0784. The lowest BCUT2D eigenvalue weighted by atomic mass is 9.99. The van der Waals surface area contributed by atoms with Crippen LogP contribution in [0, 0.1) is 0 Å². The number of amides is 1. The van der Waals surface area contributed by atoms with Gasteiger partial charge in [0.1, 0.15) is 11.3 Å². The van der Waals surface area contributed by atoms with Crippen molar-refractivity contribution in [2.24, 2.45) is 9.98 Å². The van der Waals surface area contributed by atoms with Gasteiger partial charge in [-0.2, -0.15) is 4.99 Å². The van der Waals surface area contributed by atoms with E-state index in [0.717, 1.165) is 0 Å². The van der Waals surface area contributed by atoms with Crippen molar-refractivity contribution in [3.05, 3.63) is 81.6 Å². The van der Waals surface area contributed by atoms with E-state index >= 15 is 0 Å². The molecule has 2 aromatic carbocycles. The molecule has 0 saturated heterocycles. The highest BCUT2D eigenvalue weighted by Gasteiger charge is 2.30. The number of halogens is 1. The average Bonchev–Trinajstić information content (AvgIpc) is 3.00. The molecule has 7 heteroatoms. The van der Waals surface area contributed by atoms with Crippen LogP contribution in [-0.2, 0) is 9.53 Å². The average molecular weight is 383 g/mol. The van der Waals surface area contributed by atoms with Gasteiger partial charge >= 0.3 is 5.97 Å². The SMILES string of the molecule is COC(=O)/C(C1=NC(=NC(=O)c2cccc(Cl)c2)c2ccccc21)=C(/C)O. The zero-order valence-electron chi connectivity index (χ0n) is 14.6. The summed E-state index contributed by atoms with van der Waals surface area (Å²) >= 11 is 5.92. The van der Waals surface area contributed by atoms with Gasteiger partial charge in [-0.05, 0) is 25.1 Å². The van der Waals surface area contributed by atoms with Crippen molar-refractivity contribution < 1.29 is 19.4 Å². The van der Waals surface area contributed by atoms with E-state index in [9.17, 15) is 14.7 Å². The number of aliphatic hydroxyl groups excluding tert-OH is 1. The number of carbonyl (C=O) groups is 2. The zero-order chi connectivity index (χ0) is 19.6. The van der Waals surface area contributed by atoms with Gasteiger partial charge < -0.3 is 9.84 Å². The first-order valence-corrected chi connectivity index (χ1v) is 8.35. The van der Waals surface area contributed by atoms with E-state index in [2.05, 4.69) is 9.98 Å². The van der Waals surface area contributed by atoms with Crippen molar-refractivity contribution in [3.63, 3.8) is 0 Å². The molecule has 1 aliphatic rings. The molecule has 3 rings (SSSR count). The smallest absolute Gasteiger partial charge is 0.343 e. The van der Waals surface area contributed by atoms with Gasteiger partial charge in [-0.3, -0.25) is 4.79 Å². The molecule has 2 aromatic rings. The van der Waals surface area contributed by atoms with E-state index in [0.29, 0.717) is 21.7 Å². The molecule has 1 aliphatic heterocycles. The summed E-state index contributed by atoms with van der Waals surface area (Å²) in [7, 11) is 1.21. The minimum Gasteiger partial charge on any atom is -0.512 e. The molecule has 1 amide bonds. The van der Waals surface area contributed by atoms with Crippen molar-refractivity contribution in [2.45, 2.75) is 6.92 Å². The number of hydrogen-bond acceptors (Lipinski definition) is 4. The fourth-order valence-corrected chi connectivity index (χ4v) is 2.88. The molecule has 136 valence electrons. The number of methoxy groups -OCH3 is 1. The summed E-state index contributed by atoms with van der Waals surface area (Å²) in [5.41, 5.74) is 1.59. The molecule has 0 saturated carbocycles. The van der Waals surface area contributed by atoms with Crippen molar-refractivity contribution in [1.82, 2.24) is 0 Å². The summed E-state index contributed by atoms with van der Waals surface area (Å²) in [6.07, 6.45) is 0. The highest BCUT2D eigenvalue weighted by Crippen LogP contribution is 2.26. The molecule has 1 heterocycles. The Morgan fingerprint density at radius 3 is 2.44 bits per heavy atom. The van der Waals surface area contributed by atoms with E-state index in [1.54, 1.807) is 42.5 Å². The molecule has 27 heavy (non-hydrogen) atoms. The summed E-state index contributed by atoms with van der Waals surface area (Å²) in [5.74, 6) is -1.34. The molecule has 0 aromatic heterocycles. The maximum atomic E-state index is 12.5. The molecular formula is C20H15ClN2O4. The van der Waals surface area contributed by atoms with E-state index in [1.165, 1.54) is 20.1 Å². The van der Waals surface area contributed by atoms with Crippen LogP contribution in [0.2, 0.25) is 5.02 Å². The molecule has 0 aliphatic carbocycles. The summed E-state index contributed by atoms with van der Waals surface area (Å²) in [6.45, 7) is 1.36. The van der Waals surface area contributed by atoms with Gasteiger partial charge in [0.05, 0.1) is 12.8 Å². The van der Waals surface area contributed by atoms with Crippen molar-refractivity contribution >= 4 is 35.0 Å². The van der Waals surface area contributed by atoms with E-state index < -0.39 is 11.9 Å². The van der Waals surface area contributed by atoms with Crippen LogP contribution >= 0.6 is 11.6 Å². The van der Waals surface area contributed by atoms with Crippen LogP contribution in [0.3, 0.4) is 0 Å². The molecule has 0 bridgehead atoms. The summed E-state index contributed by atoms with van der Waals surface area (Å²) < 4.78 is 4.74. The third kappa shape index (κ3) is 3.66. The number of esters is 1. The summed E-state index contributed by atoms with van der Waals surface area (Å²) in [4.78, 5) is 33.0. The minimum atomic E-state index is -0.731. The van der Waals surface area contributed by atoms with Crippen molar-refractivity contribution in [3.8, 4) is 0 Å². The van der Waals surface area contributed by atoms with Gasteiger partial charge in [-0.1, -0.05) is 41.9 Å². The van der Waals surface area contributed by atoms with Gasteiger partial charge in [0.15, 0.2) is 5.84 Å². The van der Waals surface area contributed by atoms with Crippen molar-refractivity contribution in [2.75, 3.05) is 7.11 Å². The first-order valence-electron chi connectivity index (χ1n) is 7.98. The first kappa shape index (κ1) is 18.5. The fraction of sp³-hybridized carbons (Fsp3) is 0.100. The molecular weight excluding hydrogens is 368 g/mol. The standard InChI is InChI=1S/C20H15ClN2O4/c1-11(24)16(20(26)27-2)17-14-8-3-4-9-15(14)18(22-17)23-19(25)12-6-5-7-13(21)10-12/h3-10,24H,1-2H3/b16-11-,23-18?. The fourth-order valence-electron chi connectivity index (χ4n) is 2.69. The molecule has 1 N–H and O–H groups in total. The molecule has 0 atom stereocenters. The second-order valence-electron chi connectivity index (χ2n) is 5.71. The summed E-state index contributed by atoms with van der Waals surface area (Å²) in [6, 6.07) is 13.4. The Labute approximate surface area is 160 Å². The number of hydrogen-bond donors (Lipinski definition) is 1. The van der Waals surface area contributed by atoms with Crippen LogP contribution < -0.4 is 0 Å². The Morgan fingerprint density at radius 2 is 1.81 bits per heavy atom. The Balaban J connectivity index is 2.12. The quantitative estimate of drug-likeness (QED) is 0.497. The number of aliphatic imine (C=N–C) groups is 2. The zero-order valence-corrected chi connectivity index (χ0v) is 15.3. The van der Waals surface area contributed by atoms with Gasteiger partial charge in [-0.25, -0.2) is 9.79 Å². The largest absolute Gasteiger partial charge is 0.512 e. The number of amidine groups is 1. The van der Waals surface area contributed by atoms with Gasteiger partial charge in [0, 0.05) is 21.7 Å². The number of carbonyl (C=O) groups excluding carboxylic acids is 2. The molecule has 0 spiro atoms. The molecule has 0 fully saturated rings. The lowest BCUT2D eigenvalue weighted by molar-refractivity contribution is -0.135. The lowest BCUT2D eigenvalue weighted by Crippen LogP contribution is -2.16. The summed E-state index contributed by atoms with van der Waals surface area (Å²) in [5, 5.41) is 10.4. The Morgan fingerprint density at radius 1 is 1.11 bits per heavy atom. The monoisotopic (exact) mass is 382 g/mol. The number of nitrogens with zero attached hydrogens (tertiary/aromatic N) is 2. The second-order valence-corrected chi connectivity index (χ2v) is 6.15. The van der Waals surface area contributed by atoms with E-state index in [4.69, 9.17) is 16.3 Å². The number of benzene rings is 2. The molecule has 0 unspecified atom stereocenters. The molecule has 0 radical (unpaired) electrons. The third-order valence-corrected chi connectivity index (χ3v) is 4.14. The van der Waals surface area contributed by atoms with Gasteiger partial charge in [0.2, 0.25) is 0 Å². The van der Waals surface area contributed by atoms with Gasteiger partial charge in [-0.15, -0.1) is 0 Å². The highest BCUT2D eigenvalue weighted by molar-refractivity contribution is 6.36. The van der Waals surface area contributed by atoms with Gasteiger partial charge in [0.25, 0.3) is 5.91 Å². The van der Waals surface area contributed by atoms with Crippen LogP contribution in [0.25, 0.3) is 0 Å².